The molecule has 0 radical (unpaired) electrons. The highest BCUT2D eigenvalue weighted by Gasteiger charge is 2.27. The summed E-state index contributed by atoms with van der Waals surface area (Å²) in [6.45, 7) is 4.39. The fraction of sp³-hybridized carbons (Fsp3) is 0.421. The first-order valence-electron chi connectivity index (χ1n) is 9.07. The first-order valence-corrected chi connectivity index (χ1v) is 11.5. The van der Waals surface area contributed by atoms with Gasteiger partial charge in [-0.05, 0) is 24.1 Å². The number of thioether (sulfide) groups is 1. The van der Waals surface area contributed by atoms with E-state index >= 15 is 0 Å². The third kappa shape index (κ3) is 3.93. The second kappa shape index (κ2) is 8.08. The minimum atomic E-state index is -3.59. The van der Waals surface area contributed by atoms with Gasteiger partial charge in [0.25, 0.3) is 5.91 Å². The summed E-state index contributed by atoms with van der Waals surface area (Å²) in [7, 11) is -1.89. The molecule has 0 spiro atoms. The number of amides is 1. The van der Waals surface area contributed by atoms with Crippen molar-refractivity contribution in [3.63, 3.8) is 0 Å². The van der Waals surface area contributed by atoms with Gasteiger partial charge in [-0.15, -0.1) is 11.8 Å². The van der Waals surface area contributed by atoms with E-state index in [-0.39, 0.29) is 16.8 Å². The molecule has 1 aromatic carbocycles. The maximum atomic E-state index is 12.8. The molecule has 1 amide bonds. The summed E-state index contributed by atoms with van der Waals surface area (Å²) >= 11 is 1.79. The van der Waals surface area contributed by atoms with Crippen LogP contribution in [0.2, 0.25) is 0 Å². The lowest BCUT2D eigenvalue weighted by Crippen LogP contribution is -2.31. The predicted octanol–water partition coefficient (Wildman–Crippen LogP) is 3.02. The van der Waals surface area contributed by atoms with E-state index in [9.17, 15) is 13.2 Å². The topological polar surface area (TPSA) is 71.4 Å². The fourth-order valence-electron chi connectivity index (χ4n) is 3.34. The molecule has 2 aromatic rings. The predicted molar refractivity (Wildman–Crippen MR) is 108 cm³/mol. The molecule has 1 aliphatic rings. The van der Waals surface area contributed by atoms with Crippen LogP contribution >= 0.6 is 11.8 Å². The average Bonchev–Trinajstić information content (AvgIpc) is 3.05. The summed E-state index contributed by atoms with van der Waals surface area (Å²) in [6.07, 6.45) is 2.36. The minimum Gasteiger partial charge on any atom is -0.345 e. The van der Waals surface area contributed by atoms with E-state index in [1.165, 1.54) is 21.5 Å². The molecule has 2 heterocycles. The molecule has 8 heteroatoms. The Morgan fingerprint density at radius 3 is 2.70 bits per heavy atom. The molecular formula is C19H25N3O3S2. The number of aromatic nitrogens is 1. The van der Waals surface area contributed by atoms with Gasteiger partial charge in [-0.2, -0.15) is 4.31 Å². The number of carbonyl (C=O) groups excluding carboxylic acids is 1. The minimum absolute atomic E-state index is 0.0623. The maximum Gasteiger partial charge on any atom is 0.268 e. The van der Waals surface area contributed by atoms with Crippen LogP contribution in [0.3, 0.4) is 0 Å². The van der Waals surface area contributed by atoms with Crippen LogP contribution in [-0.2, 0) is 17.1 Å². The number of nitrogens with zero attached hydrogens (tertiary/aromatic N) is 2. The Balaban J connectivity index is 1.84. The number of carbonyl (C=O) groups is 1. The number of sulfonamides is 1. The monoisotopic (exact) mass is 407 g/mol. The van der Waals surface area contributed by atoms with Crippen molar-refractivity contribution in [2.45, 2.75) is 36.1 Å². The molecule has 0 fully saturated rings. The van der Waals surface area contributed by atoms with Crippen LogP contribution in [0.25, 0.3) is 0 Å². The zero-order valence-electron chi connectivity index (χ0n) is 15.8. The van der Waals surface area contributed by atoms with Crippen LogP contribution in [0, 0.1) is 0 Å². The van der Waals surface area contributed by atoms with Gasteiger partial charge in [0, 0.05) is 37.0 Å². The van der Waals surface area contributed by atoms with Crippen LogP contribution in [0.1, 0.15) is 42.4 Å². The van der Waals surface area contributed by atoms with Crippen molar-refractivity contribution in [2.75, 3.05) is 18.8 Å². The summed E-state index contributed by atoms with van der Waals surface area (Å²) in [5, 5.41) is 3.07. The lowest BCUT2D eigenvalue weighted by Gasteiger charge is -2.25. The smallest absolute Gasteiger partial charge is 0.268 e. The van der Waals surface area contributed by atoms with Gasteiger partial charge in [-0.25, -0.2) is 8.42 Å². The first-order chi connectivity index (χ1) is 12.9. The van der Waals surface area contributed by atoms with Crippen molar-refractivity contribution in [3.05, 3.63) is 47.8 Å². The second-order valence-corrected chi connectivity index (χ2v) is 9.54. The quantitative estimate of drug-likeness (QED) is 0.799. The van der Waals surface area contributed by atoms with E-state index in [4.69, 9.17) is 0 Å². The van der Waals surface area contributed by atoms with E-state index in [0.29, 0.717) is 18.8 Å². The Kier molecular flexibility index (Phi) is 5.98. The molecule has 27 heavy (non-hydrogen) atoms. The van der Waals surface area contributed by atoms with Gasteiger partial charge in [-0.3, -0.25) is 4.79 Å². The molecular weight excluding hydrogens is 382 g/mol. The lowest BCUT2D eigenvalue weighted by atomic mass is 10.0. The molecule has 1 aliphatic heterocycles. The summed E-state index contributed by atoms with van der Waals surface area (Å²) in [5.41, 5.74) is 1.46. The molecule has 1 unspecified atom stereocenters. The lowest BCUT2D eigenvalue weighted by molar-refractivity contribution is 0.0926. The molecule has 3 rings (SSSR count). The van der Waals surface area contributed by atoms with Crippen molar-refractivity contribution in [1.29, 1.82) is 0 Å². The zero-order valence-corrected chi connectivity index (χ0v) is 17.4. The number of rotatable bonds is 6. The molecule has 0 bridgehead atoms. The molecule has 1 aromatic heterocycles. The van der Waals surface area contributed by atoms with E-state index < -0.39 is 10.0 Å². The van der Waals surface area contributed by atoms with Crippen LogP contribution in [0.4, 0.5) is 0 Å². The van der Waals surface area contributed by atoms with Crippen molar-refractivity contribution >= 4 is 27.7 Å². The SMILES string of the molecule is CCN(CC)S(=O)(=O)c1cc(C(=O)NC2CCSc3ccccc32)n(C)c1. The Hall–Kier alpha value is -1.77. The standard InChI is InChI=1S/C19H25N3O3S2/c1-4-22(5-2)27(24,25)14-12-17(21(3)13-14)19(23)20-16-10-11-26-18-9-7-6-8-15(16)18/h6-9,12-13,16H,4-5,10-11H2,1-3H3,(H,20,23). The third-order valence-corrected chi connectivity index (χ3v) is 7.96. The molecule has 0 aliphatic carbocycles. The van der Waals surface area contributed by atoms with Crippen LogP contribution in [-0.4, -0.2) is 42.0 Å². The number of hydrogen-bond donors (Lipinski definition) is 1. The summed E-state index contributed by atoms with van der Waals surface area (Å²) in [4.78, 5) is 14.2. The highest BCUT2D eigenvalue weighted by molar-refractivity contribution is 7.99. The van der Waals surface area contributed by atoms with Crippen LogP contribution in [0.5, 0.6) is 0 Å². The van der Waals surface area contributed by atoms with Gasteiger partial charge in [0.1, 0.15) is 10.6 Å². The normalized spacial score (nSPS) is 17.0. The van der Waals surface area contributed by atoms with Crippen LogP contribution in [0.15, 0.2) is 46.3 Å². The van der Waals surface area contributed by atoms with Gasteiger partial charge in [0.15, 0.2) is 0 Å². The van der Waals surface area contributed by atoms with Crippen molar-refractivity contribution in [1.82, 2.24) is 14.2 Å². The summed E-state index contributed by atoms with van der Waals surface area (Å²) in [5.74, 6) is 0.682. The largest absolute Gasteiger partial charge is 0.345 e. The Morgan fingerprint density at radius 1 is 1.30 bits per heavy atom. The molecule has 0 saturated carbocycles. The molecule has 6 nitrogen and oxygen atoms in total. The van der Waals surface area contributed by atoms with Crippen molar-refractivity contribution < 1.29 is 13.2 Å². The number of aryl methyl sites for hydroxylation is 1. The number of fused-ring (bicyclic) bond motifs is 1. The van der Waals surface area contributed by atoms with E-state index in [0.717, 1.165) is 17.7 Å². The second-order valence-electron chi connectivity index (χ2n) is 6.46. The van der Waals surface area contributed by atoms with Crippen LogP contribution < -0.4 is 5.32 Å². The maximum absolute atomic E-state index is 12.8. The molecule has 1 atom stereocenters. The number of benzene rings is 1. The average molecular weight is 408 g/mol. The molecule has 1 N–H and O–H groups in total. The van der Waals surface area contributed by atoms with E-state index in [2.05, 4.69) is 11.4 Å². The van der Waals surface area contributed by atoms with E-state index in [1.807, 2.05) is 18.2 Å². The highest BCUT2D eigenvalue weighted by Crippen LogP contribution is 2.36. The first kappa shape index (κ1) is 20.0. The van der Waals surface area contributed by atoms with Gasteiger partial charge in [0.2, 0.25) is 10.0 Å². The molecule has 146 valence electrons. The highest BCUT2D eigenvalue weighted by atomic mass is 32.2. The van der Waals surface area contributed by atoms with Gasteiger partial charge < -0.3 is 9.88 Å². The van der Waals surface area contributed by atoms with E-state index in [1.54, 1.807) is 37.2 Å². The van der Waals surface area contributed by atoms with Gasteiger partial charge in [-0.1, -0.05) is 32.0 Å². The number of hydrogen-bond acceptors (Lipinski definition) is 4. The van der Waals surface area contributed by atoms with Gasteiger partial charge >= 0.3 is 0 Å². The van der Waals surface area contributed by atoms with Crippen molar-refractivity contribution in [2.24, 2.45) is 7.05 Å². The third-order valence-electron chi connectivity index (χ3n) is 4.82. The van der Waals surface area contributed by atoms with Gasteiger partial charge in [0.05, 0.1) is 6.04 Å². The zero-order chi connectivity index (χ0) is 19.6. The fourth-order valence-corrected chi connectivity index (χ4v) is 5.99. The molecule has 0 saturated heterocycles. The van der Waals surface area contributed by atoms with Crippen molar-refractivity contribution in [3.8, 4) is 0 Å². The summed E-state index contributed by atoms with van der Waals surface area (Å²) in [6, 6.07) is 9.47. The summed E-state index contributed by atoms with van der Waals surface area (Å²) < 4.78 is 28.4. The Bertz CT molecular complexity index is 933. The number of nitrogens with one attached hydrogen (secondary N) is 1. The Labute approximate surface area is 165 Å². The Morgan fingerprint density at radius 2 is 2.00 bits per heavy atom.